The third-order valence-electron chi connectivity index (χ3n) is 2.84. The molecule has 1 amide bonds. The van der Waals surface area contributed by atoms with Gasteiger partial charge in [-0.05, 0) is 37.6 Å². The van der Waals surface area contributed by atoms with E-state index < -0.39 is 0 Å². The molecule has 1 heterocycles. The van der Waals surface area contributed by atoms with Gasteiger partial charge >= 0.3 is 0 Å². The van der Waals surface area contributed by atoms with E-state index in [4.69, 9.17) is 11.6 Å². The Morgan fingerprint density at radius 2 is 1.78 bits per heavy atom. The van der Waals surface area contributed by atoms with Crippen molar-refractivity contribution >= 4 is 35.0 Å². The lowest BCUT2D eigenvalue weighted by Gasteiger charge is -2.11. The van der Waals surface area contributed by atoms with Crippen LogP contribution in [0.1, 0.15) is 17.0 Å². The Bertz CT molecular complexity index is 698. The number of carbonyl (C=O) groups is 1. The van der Waals surface area contributed by atoms with E-state index in [1.165, 1.54) is 11.8 Å². The van der Waals surface area contributed by atoms with Crippen molar-refractivity contribution in [1.29, 1.82) is 0 Å². The molecule has 0 bridgehead atoms. The molecule has 0 atom stereocenters. The van der Waals surface area contributed by atoms with Crippen molar-refractivity contribution in [3.63, 3.8) is 0 Å². The quantitative estimate of drug-likeness (QED) is 0.477. The highest BCUT2D eigenvalue weighted by atomic mass is 35.5. The minimum absolute atomic E-state index is 0.187. The molecule has 0 saturated carbocycles. The molecule has 0 aliphatic heterocycles. The first kappa shape index (κ1) is 17.3. The molecular formula is C16H17ClN4OS. The second-order valence-electron chi connectivity index (χ2n) is 4.88. The molecule has 120 valence electrons. The van der Waals surface area contributed by atoms with Crippen LogP contribution in [0.5, 0.6) is 0 Å². The van der Waals surface area contributed by atoms with Gasteiger partial charge in [-0.15, -0.1) is 0 Å². The zero-order valence-electron chi connectivity index (χ0n) is 12.9. The number of amides is 1. The fraction of sp³-hybridized carbons (Fsp3) is 0.188. The van der Waals surface area contributed by atoms with Gasteiger partial charge in [-0.25, -0.2) is 9.97 Å². The van der Waals surface area contributed by atoms with Crippen LogP contribution in [0.3, 0.4) is 0 Å². The van der Waals surface area contributed by atoms with Gasteiger partial charge in [0.2, 0.25) is 5.91 Å². The zero-order chi connectivity index (χ0) is 16.8. The van der Waals surface area contributed by atoms with Gasteiger partial charge in [-0.3, -0.25) is 15.6 Å². The number of benzene rings is 1. The van der Waals surface area contributed by atoms with E-state index in [1.54, 1.807) is 12.1 Å². The minimum atomic E-state index is -0.187. The molecule has 0 aliphatic carbocycles. The van der Waals surface area contributed by atoms with Crippen LogP contribution >= 0.6 is 23.4 Å². The number of hydrogen-bond donors (Lipinski definition) is 2. The summed E-state index contributed by atoms with van der Waals surface area (Å²) < 4.78 is 0. The van der Waals surface area contributed by atoms with E-state index in [0.29, 0.717) is 15.9 Å². The van der Waals surface area contributed by atoms with Gasteiger partial charge in [0.15, 0.2) is 5.16 Å². The number of aryl methyl sites for hydroxylation is 2. The van der Waals surface area contributed by atoms with E-state index in [0.717, 1.165) is 17.0 Å². The summed E-state index contributed by atoms with van der Waals surface area (Å²) in [5.74, 6) is 0.0249. The molecule has 23 heavy (non-hydrogen) atoms. The molecule has 2 N–H and O–H groups in total. The van der Waals surface area contributed by atoms with Crippen molar-refractivity contribution in [3.8, 4) is 0 Å². The highest BCUT2D eigenvalue weighted by molar-refractivity contribution is 7.99. The topological polar surface area (TPSA) is 66.9 Å². The number of hydrazine groups is 1. The number of hydrogen-bond acceptors (Lipinski definition) is 5. The van der Waals surface area contributed by atoms with Crippen LogP contribution < -0.4 is 10.9 Å². The number of nitrogens with one attached hydrogen (secondary N) is 2. The van der Waals surface area contributed by atoms with Crippen molar-refractivity contribution in [2.45, 2.75) is 19.0 Å². The number of halogens is 1. The zero-order valence-corrected chi connectivity index (χ0v) is 14.5. The van der Waals surface area contributed by atoms with E-state index in [2.05, 4.69) is 27.4 Å². The van der Waals surface area contributed by atoms with Gasteiger partial charge in [0, 0.05) is 16.4 Å². The molecule has 5 nitrogen and oxygen atoms in total. The predicted octanol–water partition coefficient (Wildman–Crippen LogP) is 3.13. The molecule has 0 fully saturated rings. The fourth-order valence-corrected chi connectivity index (χ4v) is 2.67. The van der Waals surface area contributed by atoms with Crippen LogP contribution in [0, 0.1) is 13.8 Å². The van der Waals surface area contributed by atoms with Gasteiger partial charge in [0.05, 0.1) is 11.4 Å². The Morgan fingerprint density at radius 1 is 1.17 bits per heavy atom. The normalized spacial score (nSPS) is 10.2. The molecule has 1 aromatic heterocycles. The van der Waals surface area contributed by atoms with Crippen LogP contribution in [0.25, 0.3) is 5.70 Å². The highest BCUT2D eigenvalue weighted by Gasteiger charge is 2.06. The number of thioether (sulfide) groups is 1. The van der Waals surface area contributed by atoms with Crippen LogP contribution in [0.15, 0.2) is 42.1 Å². The summed E-state index contributed by atoms with van der Waals surface area (Å²) in [6.45, 7) is 7.67. The number of carbonyl (C=O) groups excluding carboxylic acids is 1. The first-order valence-electron chi connectivity index (χ1n) is 6.89. The molecule has 2 aromatic rings. The van der Waals surface area contributed by atoms with E-state index in [1.807, 2.05) is 32.0 Å². The number of aromatic nitrogens is 2. The van der Waals surface area contributed by atoms with Gasteiger partial charge < -0.3 is 0 Å². The summed E-state index contributed by atoms with van der Waals surface area (Å²) in [6.07, 6.45) is 0. The molecule has 0 aliphatic rings. The standard InChI is InChI=1S/C16H17ClN4OS/c1-10-8-11(2)19-16(18-10)23-9-15(22)21-20-12(3)13-4-6-14(17)7-5-13/h4-8,20H,3,9H2,1-2H3,(H,21,22). The summed E-state index contributed by atoms with van der Waals surface area (Å²) in [4.78, 5) is 20.4. The number of nitrogens with zero attached hydrogens (tertiary/aromatic N) is 2. The van der Waals surface area contributed by atoms with Crippen molar-refractivity contribution in [2.75, 3.05) is 5.75 Å². The SMILES string of the molecule is C=C(NNC(=O)CSc1nc(C)cc(C)n1)c1ccc(Cl)cc1. The van der Waals surface area contributed by atoms with Crippen molar-refractivity contribution in [3.05, 3.63) is 58.9 Å². The molecule has 0 radical (unpaired) electrons. The first-order chi connectivity index (χ1) is 10.9. The summed E-state index contributed by atoms with van der Waals surface area (Å²) in [5, 5.41) is 1.24. The van der Waals surface area contributed by atoms with Gasteiger partial charge in [-0.2, -0.15) is 0 Å². The van der Waals surface area contributed by atoms with Crippen molar-refractivity contribution in [1.82, 2.24) is 20.8 Å². The summed E-state index contributed by atoms with van der Waals surface area (Å²) in [6, 6.07) is 9.06. The predicted molar refractivity (Wildman–Crippen MR) is 94.0 cm³/mol. The Morgan fingerprint density at radius 3 is 2.39 bits per heavy atom. The average Bonchev–Trinajstić information content (AvgIpc) is 2.50. The van der Waals surface area contributed by atoms with Crippen LogP contribution in [0.2, 0.25) is 5.02 Å². The lowest BCUT2D eigenvalue weighted by molar-refractivity contribution is -0.119. The molecule has 7 heteroatoms. The maximum atomic E-state index is 11.9. The smallest absolute Gasteiger partial charge is 0.248 e. The molecule has 2 rings (SSSR count). The Hall–Kier alpha value is -2.05. The monoisotopic (exact) mass is 348 g/mol. The third kappa shape index (κ3) is 5.58. The minimum Gasteiger partial charge on any atom is -0.299 e. The Labute approximate surface area is 144 Å². The lowest BCUT2D eigenvalue weighted by Crippen LogP contribution is -2.37. The first-order valence-corrected chi connectivity index (χ1v) is 8.25. The average molecular weight is 349 g/mol. The Kier molecular flexibility index (Phi) is 6.01. The van der Waals surface area contributed by atoms with Crippen molar-refractivity contribution in [2.24, 2.45) is 0 Å². The summed E-state index contributed by atoms with van der Waals surface area (Å²) in [5.41, 5.74) is 8.58. The van der Waals surface area contributed by atoms with E-state index in [-0.39, 0.29) is 11.7 Å². The van der Waals surface area contributed by atoms with Gasteiger partial charge in [0.25, 0.3) is 0 Å². The molecular weight excluding hydrogens is 332 g/mol. The van der Waals surface area contributed by atoms with Crippen LogP contribution in [-0.4, -0.2) is 21.6 Å². The maximum Gasteiger partial charge on any atom is 0.248 e. The fourth-order valence-electron chi connectivity index (χ4n) is 1.79. The van der Waals surface area contributed by atoms with Gasteiger partial charge in [0.1, 0.15) is 0 Å². The van der Waals surface area contributed by atoms with Gasteiger partial charge in [-0.1, -0.05) is 42.1 Å². The van der Waals surface area contributed by atoms with E-state index in [9.17, 15) is 4.79 Å². The van der Waals surface area contributed by atoms with Crippen LogP contribution in [0.4, 0.5) is 0 Å². The Balaban J connectivity index is 1.80. The second kappa shape index (κ2) is 7.99. The summed E-state index contributed by atoms with van der Waals surface area (Å²) >= 11 is 7.12. The van der Waals surface area contributed by atoms with Crippen LogP contribution in [-0.2, 0) is 4.79 Å². The lowest BCUT2D eigenvalue weighted by atomic mass is 10.2. The summed E-state index contributed by atoms with van der Waals surface area (Å²) in [7, 11) is 0. The molecule has 1 aromatic carbocycles. The maximum absolute atomic E-state index is 11.9. The molecule has 0 spiro atoms. The highest BCUT2D eigenvalue weighted by Crippen LogP contribution is 2.15. The second-order valence-corrected chi connectivity index (χ2v) is 6.26. The van der Waals surface area contributed by atoms with E-state index >= 15 is 0 Å². The molecule has 0 saturated heterocycles. The third-order valence-corrected chi connectivity index (χ3v) is 3.94. The largest absolute Gasteiger partial charge is 0.299 e. The number of rotatable bonds is 6. The van der Waals surface area contributed by atoms with Crippen molar-refractivity contribution < 1.29 is 4.79 Å². The molecule has 0 unspecified atom stereocenters.